The minimum atomic E-state index is -0.430. The van der Waals surface area contributed by atoms with Crippen LogP contribution in [0.5, 0.6) is 0 Å². The predicted octanol–water partition coefficient (Wildman–Crippen LogP) is 2.04. The maximum Gasteiger partial charge on any atom is 0.201 e. The van der Waals surface area contributed by atoms with Crippen molar-refractivity contribution in [3.63, 3.8) is 0 Å². The minimum Gasteiger partial charge on any atom is -0.382 e. The smallest absolute Gasteiger partial charge is 0.201 e. The van der Waals surface area contributed by atoms with Crippen molar-refractivity contribution in [1.82, 2.24) is 0 Å². The number of nitrogens with zero attached hydrogens (tertiary/aromatic N) is 3. The van der Waals surface area contributed by atoms with Gasteiger partial charge in [-0.05, 0) is 31.4 Å². The van der Waals surface area contributed by atoms with Crippen molar-refractivity contribution >= 4 is 22.9 Å². The molecular formula is C14H17FN6. The van der Waals surface area contributed by atoms with Gasteiger partial charge in [-0.25, -0.2) is 4.39 Å². The average molecular weight is 288 g/mol. The van der Waals surface area contributed by atoms with Crippen molar-refractivity contribution in [3.05, 3.63) is 24.0 Å². The van der Waals surface area contributed by atoms with Crippen LogP contribution < -0.4 is 16.1 Å². The van der Waals surface area contributed by atoms with Crippen LogP contribution in [0.4, 0.5) is 15.8 Å². The number of nitrogens with one attached hydrogen (secondary N) is 2. The van der Waals surface area contributed by atoms with Gasteiger partial charge in [0.2, 0.25) is 5.71 Å². The number of rotatable bonds is 4. The maximum absolute atomic E-state index is 13.4. The average Bonchev–Trinajstić information content (AvgIpc) is 2.48. The molecule has 1 aliphatic rings. The van der Waals surface area contributed by atoms with Crippen molar-refractivity contribution < 1.29 is 4.39 Å². The van der Waals surface area contributed by atoms with Gasteiger partial charge in [0.15, 0.2) is 5.84 Å². The zero-order chi connectivity index (χ0) is 15.2. The van der Waals surface area contributed by atoms with E-state index in [-0.39, 0.29) is 5.71 Å². The highest BCUT2D eigenvalue weighted by atomic mass is 19.1. The molecular weight excluding hydrogens is 271 g/mol. The van der Waals surface area contributed by atoms with E-state index in [1.807, 2.05) is 0 Å². The number of piperidine rings is 1. The summed E-state index contributed by atoms with van der Waals surface area (Å²) in [6, 6.07) is 6.13. The summed E-state index contributed by atoms with van der Waals surface area (Å²) in [5, 5.41) is 19.8. The van der Waals surface area contributed by atoms with Gasteiger partial charge in [0, 0.05) is 19.2 Å². The predicted molar refractivity (Wildman–Crippen MR) is 81.0 cm³/mol. The van der Waals surface area contributed by atoms with Gasteiger partial charge in [-0.1, -0.05) is 0 Å². The fourth-order valence-electron chi connectivity index (χ4n) is 2.27. The third kappa shape index (κ3) is 3.69. The molecule has 1 heterocycles. The lowest BCUT2D eigenvalue weighted by molar-refractivity contribution is 0.577. The number of nitrogens with two attached hydrogens (primary N) is 1. The molecule has 1 aromatic rings. The number of nitriles is 1. The van der Waals surface area contributed by atoms with Crippen molar-refractivity contribution in [2.75, 3.05) is 23.4 Å². The van der Waals surface area contributed by atoms with Crippen molar-refractivity contribution in [1.29, 1.82) is 10.7 Å². The Balaban J connectivity index is 2.27. The molecule has 7 heteroatoms. The van der Waals surface area contributed by atoms with Crippen LogP contribution in [0.1, 0.15) is 19.3 Å². The number of anilines is 2. The molecule has 0 amide bonds. The Morgan fingerprint density at radius 2 is 2.10 bits per heavy atom. The van der Waals surface area contributed by atoms with E-state index in [2.05, 4.69) is 15.4 Å². The highest BCUT2D eigenvalue weighted by Gasteiger charge is 2.15. The van der Waals surface area contributed by atoms with Gasteiger partial charge >= 0.3 is 0 Å². The van der Waals surface area contributed by atoms with Crippen LogP contribution in [0, 0.1) is 22.6 Å². The van der Waals surface area contributed by atoms with E-state index < -0.39 is 11.7 Å². The van der Waals surface area contributed by atoms with Crippen LogP contribution in [0.15, 0.2) is 23.3 Å². The summed E-state index contributed by atoms with van der Waals surface area (Å²) < 4.78 is 13.4. The van der Waals surface area contributed by atoms with Gasteiger partial charge in [0.25, 0.3) is 0 Å². The lowest BCUT2D eigenvalue weighted by atomic mass is 10.1. The lowest BCUT2D eigenvalue weighted by Gasteiger charge is -2.30. The lowest BCUT2D eigenvalue weighted by Crippen LogP contribution is -2.30. The van der Waals surface area contributed by atoms with Crippen LogP contribution in [0.25, 0.3) is 0 Å². The van der Waals surface area contributed by atoms with Gasteiger partial charge < -0.3 is 10.6 Å². The van der Waals surface area contributed by atoms with E-state index >= 15 is 0 Å². The molecule has 0 aromatic heterocycles. The molecule has 2 rings (SSSR count). The second-order valence-electron chi connectivity index (χ2n) is 4.81. The molecule has 0 radical (unpaired) electrons. The SMILES string of the molecule is N#C/C(=N\Nc1cc(F)ccc1N1CCCCC1)C(=N)N. The van der Waals surface area contributed by atoms with Gasteiger partial charge in [-0.3, -0.25) is 10.8 Å². The third-order valence-electron chi connectivity index (χ3n) is 3.30. The van der Waals surface area contributed by atoms with Crippen molar-refractivity contribution in [2.45, 2.75) is 19.3 Å². The topological polar surface area (TPSA) is 101 Å². The molecule has 0 aliphatic carbocycles. The number of hydrogen-bond acceptors (Lipinski definition) is 5. The molecule has 1 aliphatic heterocycles. The van der Waals surface area contributed by atoms with E-state index in [1.165, 1.54) is 18.6 Å². The van der Waals surface area contributed by atoms with E-state index in [0.717, 1.165) is 31.6 Å². The highest BCUT2D eigenvalue weighted by molar-refractivity contribution is 6.45. The summed E-state index contributed by atoms with van der Waals surface area (Å²) in [5.74, 6) is -0.823. The molecule has 0 unspecified atom stereocenters. The molecule has 0 spiro atoms. The Morgan fingerprint density at radius 3 is 2.71 bits per heavy atom. The van der Waals surface area contributed by atoms with Crippen LogP contribution in [-0.2, 0) is 0 Å². The Kier molecular flexibility index (Phi) is 4.72. The van der Waals surface area contributed by atoms with Gasteiger partial charge in [0.1, 0.15) is 11.9 Å². The molecule has 0 saturated carbocycles. The number of hydrazone groups is 1. The molecule has 0 atom stereocenters. The Hall–Kier alpha value is -2.62. The van der Waals surface area contributed by atoms with Crippen LogP contribution in [0.3, 0.4) is 0 Å². The summed E-state index contributed by atoms with van der Waals surface area (Å²) in [7, 11) is 0. The fraction of sp³-hybridized carbons (Fsp3) is 0.357. The van der Waals surface area contributed by atoms with Crippen LogP contribution >= 0.6 is 0 Å². The van der Waals surface area contributed by atoms with Gasteiger partial charge in [-0.2, -0.15) is 10.4 Å². The number of benzene rings is 1. The van der Waals surface area contributed by atoms with E-state index in [4.69, 9.17) is 16.4 Å². The zero-order valence-corrected chi connectivity index (χ0v) is 11.6. The molecule has 110 valence electrons. The van der Waals surface area contributed by atoms with E-state index in [1.54, 1.807) is 12.1 Å². The standard InChI is InChI=1S/C14H17FN6/c15-10-4-5-13(21-6-2-1-3-7-21)11(8-10)19-20-12(9-16)14(17)18/h4-5,8,19H,1-3,6-7H2,(H3,17,18)/b20-12+. The molecule has 1 fully saturated rings. The maximum atomic E-state index is 13.4. The Morgan fingerprint density at radius 1 is 1.38 bits per heavy atom. The molecule has 6 nitrogen and oxygen atoms in total. The second kappa shape index (κ2) is 6.70. The van der Waals surface area contributed by atoms with E-state index in [9.17, 15) is 4.39 Å². The van der Waals surface area contributed by atoms with Crippen molar-refractivity contribution in [2.24, 2.45) is 10.8 Å². The summed E-state index contributed by atoms with van der Waals surface area (Å²) in [4.78, 5) is 2.15. The summed E-state index contributed by atoms with van der Waals surface area (Å²) >= 11 is 0. The summed E-state index contributed by atoms with van der Waals surface area (Å²) in [6.07, 6.45) is 3.38. The number of hydrogen-bond donors (Lipinski definition) is 3. The molecule has 1 saturated heterocycles. The minimum absolute atomic E-state index is 0.233. The van der Waals surface area contributed by atoms with Gasteiger partial charge in [-0.15, -0.1) is 0 Å². The Labute approximate surface area is 122 Å². The monoisotopic (exact) mass is 288 g/mol. The molecule has 1 aromatic carbocycles. The number of halogens is 1. The molecule has 4 N–H and O–H groups in total. The highest BCUT2D eigenvalue weighted by Crippen LogP contribution is 2.29. The molecule has 0 bridgehead atoms. The first kappa shape index (κ1) is 14.8. The first-order valence-corrected chi connectivity index (χ1v) is 6.74. The van der Waals surface area contributed by atoms with Crippen molar-refractivity contribution in [3.8, 4) is 6.07 Å². The van der Waals surface area contributed by atoms with Crippen LogP contribution in [0.2, 0.25) is 0 Å². The fourth-order valence-corrected chi connectivity index (χ4v) is 2.27. The van der Waals surface area contributed by atoms with Gasteiger partial charge in [0.05, 0.1) is 11.4 Å². The third-order valence-corrected chi connectivity index (χ3v) is 3.30. The second-order valence-corrected chi connectivity index (χ2v) is 4.81. The largest absolute Gasteiger partial charge is 0.382 e. The zero-order valence-electron chi connectivity index (χ0n) is 11.6. The number of amidine groups is 1. The first-order chi connectivity index (χ1) is 10.1. The quantitative estimate of drug-likeness (QED) is 0.448. The summed E-state index contributed by atoms with van der Waals surface area (Å²) in [5.41, 5.74) is 8.94. The normalized spacial score (nSPS) is 15.4. The van der Waals surface area contributed by atoms with Crippen LogP contribution in [-0.4, -0.2) is 24.6 Å². The van der Waals surface area contributed by atoms with E-state index in [0.29, 0.717) is 5.69 Å². The Bertz CT molecular complexity index is 598. The first-order valence-electron chi connectivity index (χ1n) is 6.74. The summed E-state index contributed by atoms with van der Waals surface area (Å²) in [6.45, 7) is 1.81. The molecule has 21 heavy (non-hydrogen) atoms.